The Hall–Kier alpha value is -0.570. The normalized spacial score (nSPS) is 25.0. The van der Waals surface area contributed by atoms with Crippen LogP contribution in [0.1, 0.15) is 26.7 Å². The van der Waals surface area contributed by atoms with Crippen LogP contribution in [-0.2, 0) is 4.79 Å². The second-order valence-corrected chi connectivity index (χ2v) is 2.34. The van der Waals surface area contributed by atoms with Crippen LogP contribution in [0.2, 0.25) is 0 Å². The number of aliphatic carboxylic acids is 1. The van der Waals surface area contributed by atoms with Gasteiger partial charge in [0.05, 0.1) is 0 Å². The zero-order valence-corrected chi connectivity index (χ0v) is 5.26. The summed E-state index contributed by atoms with van der Waals surface area (Å²) in [4.78, 5) is 10.3. The van der Waals surface area contributed by atoms with E-state index in [1.807, 2.05) is 0 Å². The number of piperidine rings is 1. The Morgan fingerprint density at radius 3 is 2.50 bits per heavy atom. The lowest BCUT2D eigenvalue weighted by atomic mass is 10.1. The van der Waals surface area contributed by atoms with Crippen LogP contribution in [0.3, 0.4) is 0 Å². The van der Waals surface area contributed by atoms with Crippen molar-refractivity contribution < 1.29 is 9.90 Å². The zero-order chi connectivity index (χ0) is 6.69. The van der Waals surface area contributed by atoms with Crippen molar-refractivity contribution in [1.82, 2.24) is 5.32 Å². The quantitative estimate of drug-likeness (QED) is 0.575. The second kappa shape index (κ2) is 4.28. The number of nitrogens with one attached hydrogen (secondary N) is 1. The first-order chi connectivity index (χ1) is 4.30. The lowest BCUT2D eigenvalue weighted by Gasteiger charge is -2.18. The summed E-state index contributed by atoms with van der Waals surface area (Å²) in [6.07, 6.45) is 2.95. The molecule has 0 bridgehead atoms. The molecule has 1 aliphatic rings. The van der Waals surface area contributed by atoms with Gasteiger partial charge in [0, 0.05) is 0 Å². The third kappa shape index (κ3) is 2.35. The van der Waals surface area contributed by atoms with Crippen LogP contribution in [0.15, 0.2) is 0 Å². The predicted octanol–water partition coefficient (Wildman–Crippen LogP) is 0.849. The first-order valence-corrected chi connectivity index (χ1v) is 3.27. The van der Waals surface area contributed by atoms with Gasteiger partial charge in [-0.25, -0.2) is 0 Å². The number of carboxylic acids is 1. The molecule has 1 saturated heterocycles. The highest BCUT2D eigenvalue weighted by Crippen LogP contribution is 2.05. The van der Waals surface area contributed by atoms with Gasteiger partial charge in [-0.15, -0.1) is 0 Å². The molecule has 0 unspecified atom stereocenters. The monoisotopic (exact) mass is 145 g/mol. The van der Waals surface area contributed by atoms with Crippen molar-refractivity contribution in [1.29, 1.82) is 0 Å². The van der Waals surface area contributed by atoms with Gasteiger partial charge in [-0.3, -0.25) is 4.79 Å². The Morgan fingerprint density at radius 2 is 2.20 bits per heavy atom. The molecule has 1 heterocycles. The van der Waals surface area contributed by atoms with E-state index in [0.29, 0.717) is 0 Å². The van der Waals surface area contributed by atoms with Crippen molar-refractivity contribution in [2.75, 3.05) is 6.54 Å². The SMILES string of the molecule is C.O=C(O)[C@@H]1CCCCN1. The van der Waals surface area contributed by atoms with E-state index >= 15 is 0 Å². The van der Waals surface area contributed by atoms with E-state index < -0.39 is 5.97 Å². The molecule has 3 heteroatoms. The molecule has 0 aromatic heterocycles. The second-order valence-electron chi connectivity index (χ2n) is 2.34. The summed E-state index contributed by atoms with van der Waals surface area (Å²) in [7, 11) is 0. The maximum atomic E-state index is 10.3. The van der Waals surface area contributed by atoms with Gasteiger partial charge in [0.25, 0.3) is 0 Å². The minimum atomic E-state index is -0.713. The van der Waals surface area contributed by atoms with Crippen molar-refractivity contribution in [2.45, 2.75) is 32.7 Å². The summed E-state index contributed by atoms with van der Waals surface area (Å²) in [5.74, 6) is -0.713. The highest BCUT2D eigenvalue weighted by Gasteiger charge is 2.18. The molecular formula is C7H15NO2. The lowest BCUT2D eigenvalue weighted by Crippen LogP contribution is -2.40. The molecule has 1 atom stereocenters. The average molecular weight is 145 g/mol. The highest BCUT2D eigenvalue weighted by atomic mass is 16.4. The van der Waals surface area contributed by atoms with Gasteiger partial charge < -0.3 is 10.4 Å². The van der Waals surface area contributed by atoms with Crippen LogP contribution in [0, 0.1) is 0 Å². The van der Waals surface area contributed by atoms with Gasteiger partial charge >= 0.3 is 5.97 Å². The van der Waals surface area contributed by atoms with Crippen molar-refractivity contribution in [3.05, 3.63) is 0 Å². The van der Waals surface area contributed by atoms with Gasteiger partial charge in [-0.05, 0) is 19.4 Å². The fourth-order valence-corrected chi connectivity index (χ4v) is 1.06. The number of hydrogen-bond acceptors (Lipinski definition) is 2. The van der Waals surface area contributed by atoms with Gasteiger partial charge in [-0.2, -0.15) is 0 Å². The molecule has 0 radical (unpaired) electrons. The molecule has 60 valence electrons. The van der Waals surface area contributed by atoms with E-state index in [1.54, 1.807) is 0 Å². The van der Waals surface area contributed by atoms with Crippen molar-refractivity contribution >= 4 is 5.97 Å². The van der Waals surface area contributed by atoms with Gasteiger partial charge in [0.15, 0.2) is 0 Å². The maximum Gasteiger partial charge on any atom is 0.320 e. The molecule has 0 aromatic carbocycles. The third-order valence-corrected chi connectivity index (χ3v) is 1.61. The number of carbonyl (C=O) groups is 1. The highest BCUT2D eigenvalue weighted by molar-refractivity contribution is 5.73. The smallest absolute Gasteiger partial charge is 0.320 e. The molecule has 0 saturated carbocycles. The minimum absolute atomic E-state index is 0. The van der Waals surface area contributed by atoms with Gasteiger partial charge in [0.1, 0.15) is 6.04 Å². The first kappa shape index (κ1) is 9.43. The Morgan fingerprint density at radius 1 is 1.50 bits per heavy atom. The van der Waals surface area contributed by atoms with E-state index in [0.717, 1.165) is 25.8 Å². The van der Waals surface area contributed by atoms with E-state index in [1.165, 1.54) is 0 Å². The Labute approximate surface area is 61.4 Å². The van der Waals surface area contributed by atoms with Gasteiger partial charge in [-0.1, -0.05) is 13.8 Å². The molecule has 1 aliphatic heterocycles. The topological polar surface area (TPSA) is 49.3 Å². The zero-order valence-electron chi connectivity index (χ0n) is 5.26. The molecule has 0 aromatic rings. The Kier molecular flexibility index (Phi) is 4.03. The van der Waals surface area contributed by atoms with E-state index in [4.69, 9.17) is 5.11 Å². The number of carboxylic acid groups (broad SMARTS) is 1. The Balaban J connectivity index is 0.000000810. The van der Waals surface area contributed by atoms with E-state index in [-0.39, 0.29) is 13.5 Å². The molecular weight excluding hydrogens is 130 g/mol. The number of rotatable bonds is 1. The molecule has 0 spiro atoms. The molecule has 2 N–H and O–H groups in total. The van der Waals surface area contributed by atoms with Gasteiger partial charge in [0.2, 0.25) is 0 Å². The van der Waals surface area contributed by atoms with Crippen LogP contribution < -0.4 is 5.32 Å². The maximum absolute atomic E-state index is 10.3. The molecule has 1 fully saturated rings. The average Bonchev–Trinajstić information content (AvgIpc) is 1.90. The summed E-state index contributed by atoms with van der Waals surface area (Å²) in [6.45, 7) is 0.858. The minimum Gasteiger partial charge on any atom is -0.480 e. The van der Waals surface area contributed by atoms with Crippen molar-refractivity contribution in [3.8, 4) is 0 Å². The molecule has 1 rings (SSSR count). The fraction of sp³-hybridized carbons (Fsp3) is 0.857. The van der Waals surface area contributed by atoms with Crippen molar-refractivity contribution in [2.24, 2.45) is 0 Å². The van der Waals surface area contributed by atoms with Crippen LogP contribution >= 0.6 is 0 Å². The summed E-state index contributed by atoms with van der Waals surface area (Å²) >= 11 is 0. The molecule has 0 aliphatic carbocycles. The Bertz CT molecular complexity index is 108. The first-order valence-electron chi connectivity index (χ1n) is 3.27. The van der Waals surface area contributed by atoms with E-state index in [2.05, 4.69) is 5.32 Å². The molecule has 3 nitrogen and oxygen atoms in total. The summed E-state index contributed by atoms with van der Waals surface area (Å²) in [5.41, 5.74) is 0. The third-order valence-electron chi connectivity index (χ3n) is 1.61. The summed E-state index contributed by atoms with van der Waals surface area (Å²) in [5, 5.41) is 11.4. The lowest BCUT2D eigenvalue weighted by molar-refractivity contribution is -0.140. The van der Waals surface area contributed by atoms with Crippen LogP contribution in [0.4, 0.5) is 0 Å². The number of hydrogen-bond donors (Lipinski definition) is 2. The van der Waals surface area contributed by atoms with E-state index in [9.17, 15) is 4.79 Å². The van der Waals surface area contributed by atoms with Crippen LogP contribution in [-0.4, -0.2) is 23.7 Å². The summed E-state index contributed by atoms with van der Waals surface area (Å²) < 4.78 is 0. The summed E-state index contributed by atoms with van der Waals surface area (Å²) in [6, 6.07) is -0.279. The van der Waals surface area contributed by atoms with Crippen molar-refractivity contribution in [3.63, 3.8) is 0 Å². The standard InChI is InChI=1S/C6H11NO2.CH4/c8-6(9)5-3-1-2-4-7-5;/h5,7H,1-4H2,(H,8,9);1H4/t5-;/m0./s1. The van der Waals surface area contributed by atoms with Crippen LogP contribution in [0.25, 0.3) is 0 Å². The molecule has 0 amide bonds. The largest absolute Gasteiger partial charge is 0.480 e. The predicted molar refractivity (Wildman–Crippen MR) is 40.0 cm³/mol. The van der Waals surface area contributed by atoms with Crippen LogP contribution in [0.5, 0.6) is 0 Å². The fourth-order valence-electron chi connectivity index (χ4n) is 1.06. The molecule has 10 heavy (non-hydrogen) atoms.